The molecule has 0 aliphatic heterocycles. The molecule has 0 saturated carbocycles. The molecule has 2 aromatic carbocycles. The zero-order valence-corrected chi connectivity index (χ0v) is 17.6. The summed E-state index contributed by atoms with van der Waals surface area (Å²) in [7, 11) is 0. The zero-order chi connectivity index (χ0) is 19.9. The second-order valence-electron chi connectivity index (χ2n) is 6.57. The van der Waals surface area contributed by atoms with Crippen LogP contribution in [-0.4, -0.2) is 22.3 Å². The summed E-state index contributed by atoms with van der Waals surface area (Å²) >= 11 is 7.48. The number of benzene rings is 2. The Bertz CT molecular complexity index is 907. The van der Waals surface area contributed by atoms with E-state index in [1.54, 1.807) is 35.6 Å². The molecule has 1 amide bonds. The van der Waals surface area contributed by atoms with Crippen LogP contribution in [-0.2, 0) is 13.2 Å². The largest absolute Gasteiger partial charge is 0.486 e. The van der Waals surface area contributed by atoms with Gasteiger partial charge in [0.2, 0.25) is 0 Å². The Morgan fingerprint density at radius 1 is 1.14 bits per heavy atom. The highest BCUT2D eigenvalue weighted by atomic mass is 35.5. The number of aryl methyl sites for hydroxylation is 1. The number of hydrogen-bond donors (Lipinski definition) is 0. The van der Waals surface area contributed by atoms with Gasteiger partial charge in [0.05, 0.1) is 12.2 Å². The lowest BCUT2D eigenvalue weighted by atomic mass is 10.2. The van der Waals surface area contributed by atoms with Crippen molar-refractivity contribution in [3.8, 4) is 5.75 Å². The van der Waals surface area contributed by atoms with Gasteiger partial charge in [-0.2, -0.15) is 0 Å². The van der Waals surface area contributed by atoms with Gasteiger partial charge in [-0.25, -0.2) is 4.98 Å². The maximum atomic E-state index is 12.8. The van der Waals surface area contributed by atoms with Crippen LogP contribution < -0.4 is 4.74 Å². The lowest BCUT2D eigenvalue weighted by Gasteiger charge is -2.21. The Kier molecular flexibility index (Phi) is 7.06. The molecule has 1 aromatic heterocycles. The van der Waals surface area contributed by atoms with Crippen molar-refractivity contribution in [2.75, 3.05) is 6.54 Å². The first-order valence-electron chi connectivity index (χ1n) is 9.22. The third-order valence-electron chi connectivity index (χ3n) is 4.21. The lowest BCUT2D eigenvalue weighted by Crippen LogP contribution is -2.31. The summed E-state index contributed by atoms with van der Waals surface area (Å²) < 4.78 is 5.80. The van der Waals surface area contributed by atoms with Gasteiger partial charge >= 0.3 is 0 Å². The number of hydrogen-bond acceptors (Lipinski definition) is 4. The third kappa shape index (κ3) is 5.57. The van der Waals surface area contributed by atoms with Crippen molar-refractivity contribution in [3.63, 3.8) is 0 Å². The first kappa shape index (κ1) is 20.4. The van der Waals surface area contributed by atoms with Crippen molar-refractivity contribution in [3.05, 3.63) is 80.8 Å². The second kappa shape index (κ2) is 9.71. The van der Waals surface area contributed by atoms with E-state index in [4.69, 9.17) is 16.3 Å². The van der Waals surface area contributed by atoms with Gasteiger partial charge in [-0.1, -0.05) is 36.2 Å². The van der Waals surface area contributed by atoms with E-state index >= 15 is 0 Å². The minimum atomic E-state index is -0.0102. The molecule has 0 saturated heterocycles. The van der Waals surface area contributed by atoms with Crippen molar-refractivity contribution in [2.24, 2.45) is 0 Å². The van der Waals surface area contributed by atoms with Gasteiger partial charge in [-0.05, 0) is 49.7 Å². The molecule has 0 bridgehead atoms. The van der Waals surface area contributed by atoms with E-state index in [9.17, 15) is 4.79 Å². The number of aromatic nitrogens is 1. The summed E-state index contributed by atoms with van der Waals surface area (Å²) in [5, 5.41) is 3.51. The number of halogens is 1. The Balaban J connectivity index is 1.62. The highest BCUT2D eigenvalue weighted by molar-refractivity contribution is 7.09. The number of ether oxygens (including phenoxy) is 1. The van der Waals surface area contributed by atoms with Crippen LogP contribution in [0, 0.1) is 6.92 Å². The molecular formula is C22H23ClN2O2S. The molecule has 3 rings (SSSR count). The smallest absolute Gasteiger partial charge is 0.254 e. The van der Waals surface area contributed by atoms with E-state index in [-0.39, 0.29) is 5.91 Å². The van der Waals surface area contributed by atoms with E-state index in [0.29, 0.717) is 30.3 Å². The van der Waals surface area contributed by atoms with Gasteiger partial charge in [-0.15, -0.1) is 11.3 Å². The Labute approximate surface area is 174 Å². The van der Waals surface area contributed by atoms with Crippen LogP contribution in [0.3, 0.4) is 0 Å². The normalized spacial score (nSPS) is 10.7. The number of amides is 1. The van der Waals surface area contributed by atoms with Crippen LogP contribution in [0.15, 0.2) is 53.9 Å². The average molecular weight is 415 g/mol. The number of rotatable bonds is 8. The first-order chi connectivity index (χ1) is 13.5. The van der Waals surface area contributed by atoms with Crippen molar-refractivity contribution in [1.29, 1.82) is 0 Å². The number of thiazole rings is 1. The average Bonchev–Trinajstić information content (AvgIpc) is 3.15. The van der Waals surface area contributed by atoms with E-state index < -0.39 is 0 Å². The lowest BCUT2D eigenvalue weighted by molar-refractivity contribution is 0.0741. The van der Waals surface area contributed by atoms with Gasteiger partial charge in [0, 0.05) is 22.5 Å². The maximum Gasteiger partial charge on any atom is 0.254 e. The van der Waals surface area contributed by atoms with Crippen LogP contribution >= 0.6 is 22.9 Å². The van der Waals surface area contributed by atoms with Crippen molar-refractivity contribution in [1.82, 2.24) is 9.88 Å². The number of nitrogens with zero attached hydrogens (tertiary/aromatic N) is 2. The highest BCUT2D eigenvalue weighted by Crippen LogP contribution is 2.18. The van der Waals surface area contributed by atoms with E-state index in [1.165, 1.54) is 5.56 Å². The van der Waals surface area contributed by atoms with Crippen LogP contribution in [0.2, 0.25) is 5.02 Å². The monoisotopic (exact) mass is 414 g/mol. The Morgan fingerprint density at radius 2 is 1.86 bits per heavy atom. The summed E-state index contributed by atoms with van der Waals surface area (Å²) in [6, 6.07) is 14.9. The van der Waals surface area contributed by atoms with Crippen molar-refractivity contribution < 1.29 is 9.53 Å². The molecule has 0 unspecified atom stereocenters. The third-order valence-corrected chi connectivity index (χ3v) is 5.33. The minimum Gasteiger partial charge on any atom is -0.486 e. The summed E-state index contributed by atoms with van der Waals surface area (Å²) in [5.74, 6) is 0.817. The molecule has 0 N–H and O–H groups in total. The van der Waals surface area contributed by atoms with Crippen molar-refractivity contribution >= 4 is 28.8 Å². The van der Waals surface area contributed by atoms with Crippen LogP contribution in [0.5, 0.6) is 5.75 Å². The standard InChI is InChI=1S/C22H23ClN2O2S/c1-3-12-25(22(26)17-6-8-18(23)9-7-17)13-19-15-28-21(24-19)14-27-20-10-4-16(2)5-11-20/h4-11,15H,3,12-14H2,1-2H3. The molecule has 6 heteroatoms. The molecule has 0 fully saturated rings. The molecule has 0 aliphatic rings. The summed E-state index contributed by atoms with van der Waals surface area (Å²) in [4.78, 5) is 19.3. The van der Waals surface area contributed by atoms with Crippen LogP contribution in [0.1, 0.15) is 40.0 Å². The molecule has 0 aliphatic carbocycles. The molecule has 3 aromatic rings. The van der Waals surface area contributed by atoms with E-state index in [1.807, 2.05) is 41.5 Å². The second-order valence-corrected chi connectivity index (χ2v) is 7.95. The SMILES string of the molecule is CCCN(Cc1csc(COc2ccc(C)cc2)n1)C(=O)c1ccc(Cl)cc1. The predicted molar refractivity (Wildman–Crippen MR) is 114 cm³/mol. The van der Waals surface area contributed by atoms with Crippen molar-refractivity contribution in [2.45, 2.75) is 33.4 Å². The molecule has 4 nitrogen and oxygen atoms in total. The summed E-state index contributed by atoms with van der Waals surface area (Å²) in [5.41, 5.74) is 2.71. The van der Waals surface area contributed by atoms with Gasteiger partial charge in [0.1, 0.15) is 17.4 Å². The Morgan fingerprint density at radius 3 is 2.54 bits per heavy atom. The fourth-order valence-electron chi connectivity index (χ4n) is 2.76. The molecule has 28 heavy (non-hydrogen) atoms. The van der Waals surface area contributed by atoms with Gasteiger partial charge in [0.25, 0.3) is 5.91 Å². The number of carbonyl (C=O) groups excluding carboxylic acids is 1. The molecule has 146 valence electrons. The fourth-order valence-corrected chi connectivity index (χ4v) is 3.58. The molecule has 0 spiro atoms. The van der Waals surface area contributed by atoms with Gasteiger partial charge in [-0.3, -0.25) is 4.79 Å². The first-order valence-corrected chi connectivity index (χ1v) is 10.5. The zero-order valence-electron chi connectivity index (χ0n) is 16.0. The van der Waals surface area contributed by atoms with Gasteiger partial charge in [0.15, 0.2) is 0 Å². The topological polar surface area (TPSA) is 42.4 Å². The molecule has 1 heterocycles. The van der Waals surface area contributed by atoms with Crippen LogP contribution in [0.4, 0.5) is 0 Å². The predicted octanol–water partition coefficient (Wildman–Crippen LogP) is 5.74. The maximum absolute atomic E-state index is 12.8. The van der Waals surface area contributed by atoms with Gasteiger partial charge < -0.3 is 9.64 Å². The number of carbonyl (C=O) groups is 1. The summed E-state index contributed by atoms with van der Waals surface area (Å²) in [6.07, 6.45) is 0.882. The molecule has 0 atom stereocenters. The highest BCUT2D eigenvalue weighted by Gasteiger charge is 2.17. The fraction of sp³-hybridized carbons (Fsp3) is 0.273. The Hall–Kier alpha value is -2.37. The van der Waals surface area contributed by atoms with Crippen LogP contribution in [0.25, 0.3) is 0 Å². The quantitative estimate of drug-likeness (QED) is 0.472. The minimum absolute atomic E-state index is 0.0102. The molecule has 0 radical (unpaired) electrons. The molecular weight excluding hydrogens is 392 g/mol. The summed E-state index contributed by atoms with van der Waals surface area (Å²) in [6.45, 7) is 5.69. The van der Waals surface area contributed by atoms with E-state index in [2.05, 4.69) is 11.9 Å². The van der Waals surface area contributed by atoms with E-state index in [0.717, 1.165) is 22.9 Å².